The molecular formula is C16H17BrOS. The summed E-state index contributed by atoms with van der Waals surface area (Å²) in [4.78, 5) is 1.25. The topological polar surface area (TPSA) is 9.23 Å². The zero-order valence-electron chi connectivity index (χ0n) is 11.1. The SMILES string of the molecule is CC(C)Oc1ccccc1CSc1ccccc1Br. The molecule has 19 heavy (non-hydrogen) atoms. The van der Waals surface area contributed by atoms with Gasteiger partial charge in [0, 0.05) is 20.7 Å². The zero-order chi connectivity index (χ0) is 13.7. The second kappa shape index (κ2) is 7.01. The van der Waals surface area contributed by atoms with Crippen LogP contribution in [0.4, 0.5) is 0 Å². The quantitative estimate of drug-likeness (QED) is 0.664. The van der Waals surface area contributed by atoms with Gasteiger partial charge in [-0.15, -0.1) is 11.8 Å². The van der Waals surface area contributed by atoms with Crippen molar-refractivity contribution in [1.82, 2.24) is 0 Å². The number of para-hydroxylation sites is 1. The molecule has 100 valence electrons. The lowest BCUT2D eigenvalue weighted by Gasteiger charge is -2.14. The van der Waals surface area contributed by atoms with Crippen LogP contribution in [0.2, 0.25) is 0 Å². The van der Waals surface area contributed by atoms with Crippen LogP contribution in [0.5, 0.6) is 5.75 Å². The maximum atomic E-state index is 5.84. The van der Waals surface area contributed by atoms with Crippen LogP contribution in [0, 0.1) is 0 Å². The molecule has 0 bridgehead atoms. The van der Waals surface area contributed by atoms with E-state index in [1.54, 1.807) is 0 Å². The number of thioether (sulfide) groups is 1. The van der Waals surface area contributed by atoms with E-state index < -0.39 is 0 Å². The molecule has 0 aliphatic carbocycles. The Kier molecular flexibility index (Phi) is 5.34. The van der Waals surface area contributed by atoms with Gasteiger partial charge in [0.2, 0.25) is 0 Å². The predicted octanol–water partition coefficient (Wildman–Crippen LogP) is 5.53. The fraction of sp³-hybridized carbons (Fsp3) is 0.250. The zero-order valence-corrected chi connectivity index (χ0v) is 13.5. The van der Waals surface area contributed by atoms with Crippen molar-refractivity contribution >= 4 is 27.7 Å². The highest BCUT2D eigenvalue weighted by atomic mass is 79.9. The molecule has 0 amide bonds. The molecule has 2 aromatic rings. The lowest BCUT2D eigenvalue weighted by atomic mass is 10.2. The first-order valence-electron chi connectivity index (χ1n) is 6.28. The molecular weight excluding hydrogens is 320 g/mol. The first-order valence-corrected chi connectivity index (χ1v) is 8.06. The van der Waals surface area contributed by atoms with Gasteiger partial charge in [-0.2, -0.15) is 0 Å². The van der Waals surface area contributed by atoms with Crippen LogP contribution < -0.4 is 4.74 Å². The van der Waals surface area contributed by atoms with Gasteiger partial charge in [0.15, 0.2) is 0 Å². The van der Waals surface area contributed by atoms with Gasteiger partial charge in [-0.05, 0) is 48.0 Å². The van der Waals surface area contributed by atoms with Crippen molar-refractivity contribution in [2.75, 3.05) is 0 Å². The molecule has 0 saturated heterocycles. The van der Waals surface area contributed by atoms with Crippen molar-refractivity contribution in [3.8, 4) is 5.75 Å². The molecule has 0 fully saturated rings. The van der Waals surface area contributed by atoms with Crippen LogP contribution in [-0.2, 0) is 5.75 Å². The van der Waals surface area contributed by atoms with Crippen LogP contribution in [0.1, 0.15) is 19.4 Å². The molecule has 0 saturated carbocycles. The number of halogens is 1. The van der Waals surface area contributed by atoms with Crippen LogP contribution in [-0.4, -0.2) is 6.10 Å². The Labute approximate surface area is 127 Å². The Bertz CT molecular complexity index is 540. The summed E-state index contributed by atoms with van der Waals surface area (Å²) in [5, 5.41) is 0. The summed E-state index contributed by atoms with van der Waals surface area (Å²) >= 11 is 5.39. The van der Waals surface area contributed by atoms with E-state index in [1.165, 1.54) is 10.5 Å². The number of hydrogen-bond donors (Lipinski definition) is 0. The summed E-state index contributed by atoms with van der Waals surface area (Å²) in [6, 6.07) is 16.5. The Balaban J connectivity index is 2.09. The van der Waals surface area contributed by atoms with Crippen LogP contribution in [0.25, 0.3) is 0 Å². The number of ether oxygens (including phenoxy) is 1. The highest BCUT2D eigenvalue weighted by Crippen LogP contribution is 2.32. The molecule has 0 heterocycles. The Morgan fingerprint density at radius 1 is 1.05 bits per heavy atom. The smallest absolute Gasteiger partial charge is 0.123 e. The summed E-state index contributed by atoms with van der Waals surface area (Å²) in [5.74, 6) is 1.89. The van der Waals surface area contributed by atoms with Crippen LogP contribution >= 0.6 is 27.7 Å². The second-order valence-electron chi connectivity index (χ2n) is 4.49. The van der Waals surface area contributed by atoms with Gasteiger partial charge in [-0.3, -0.25) is 0 Å². The maximum Gasteiger partial charge on any atom is 0.123 e. The van der Waals surface area contributed by atoms with Crippen molar-refractivity contribution in [3.63, 3.8) is 0 Å². The highest BCUT2D eigenvalue weighted by Gasteiger charge is 2.06. The molecule has 0 atom stereocenters. The Hall–Kier alpha value is -0.930. The number of benzene rings is 2. The molecule has 0 N–H and O–H groups in total. The highest BCUT2D eigenvalue weighted by molar-refractivity contribution is 9.10. The van der Waals surface area contributed by atoms with E-state index in [4.69, 9.17) is 4.74 Å². The number of rotatable bonds is 5. The summed E-state index contributed by atoms with van der Waals surface area (Å²) in [5.41, 5.74) is 1.23. The van der Waals surface area contributed by atoms with Crippen LogP contribution in [0.15, 0.2) is 57.9 Å². The van der Waals surface area contributed by atoms with Gasteiger partial charge in [0.1, 0.15) is 5.75 Å². The summed E-state index contributed by atoms with van der Waals surface area (Å²) < 4.78 is 6.98. The average Bonchev–Trinajstić information content (AvgIpc) is 2.39. The first-order chi connectivity index (χ1) is 9.16. The van der Waals surface area contributed by atoms with Crippen molar-refractivity contribution < 1.29 is 4.74 Å². The largest absolute Gasteiger partial charge is 0.491 e. The van der Waals surface area contributed by atoms with Crippen molar-refractivity contribution in [2.24, 2.45) is 0 Å². The minimum atomic E-state index is 0.203. The van der Waals surface area contributed by atoms with E-state index in [-0.39, 0.29) is 6.10 Å². The molecule has 0 aliphatic rings. The van der Waals surface area contributed by atoms with E-state index in [0.717, 1.165) is 16.0 Å². The fourth-order valence-corrected chi connectivity index (χ4v) is 3.27. The van der Waals surface area contributed by atoms with E-state index >= 15 is 0 Å². The predicted molar refractivity (Wildman–Crippen MR) is 85.9 cm³/mol. The molecule has 0 aliphatic heterocycles. The third-order valence-electron chi connectivity index (χ3n) is 2.56. The van der Waals surface area contributed by atoms with E-state index in [0.29, 0.717) is 0 Å². The lowest BCUT2D eigenvalue weighted by molar-refractivity contribution is 0.240. The average molecular weight is 337 g/mol. The Morgan fingerprint density at radius 3 is 2.47 bits per heavy atom. The van der Waals surface area contributed by atoms with E-state index in [1.807, 2.05) is 30.0 Å². The molecule has 0 spiro atoms. The normalized spacial score (nSPS) is 10.7. The standard InChI is InChI=1S/C16H17BrOS/c1-12(2)18-15-9-5-3-7-13(15)11-19-16-10-6-4-8-14(16)17/h3-10,12H,11H2,1-2H3. The van der Waals surface area contributed by atoms with Gasteiger partial charge < -0.3 is 4.74 Å². The van der Waals surface area contributed by atoms with Gasteiger partial charge in [0.25, 0.3) is 0 Å². The van der Waals surface area contributed by atoms with E-state index in [2.05, 4.69) is 60.1 Å². The van der Waals surface area contributed by atoms with Gasteiger partial charge in [-0.1, -0.05) is 30.3 Å². The number of hydrogen-bond acceptors (Lipinski definition) is 2. The first kappa shape index (κ1) is 14.5. The lowest BCUT2D eigenvalue weighted by Crippen LogP contribution is -2.07. The van der Waals surface area contributed by atoms with Crippen LogP contribution in [0.3, 0.4) is 0 Å². The van der Waals surface area contributed by atoms with Gasteiger partial charge >= 0.3 is 0 Å². The molecule has 0 unspecified atom stereocenters. The fourth-order valence-electron chi connectivity index (χ4n) is 1.71. The summed E-state index contributed by atoms with van der Waals surface area (Å²) in [6.45, 7) is 4.11. The third kappa shape index (κ3) is 4.29. The van der Waals surface area contributed by atoms with Gasteiger partial charge in [-0.25, -0.2) is 0 Å². The van der Waals surface area contributed by atoms with E-state index in [9.17, 15) is 0 Å². The molecule has 2 rings (SSSR count). The van der Waals surface area contributed by atoms with Crippen molar-refractivity contribution in [3.05, 3.63) is 58.6 Å². The minimum Gasteiger partial charge on any atom is -0.491 e. The Morgan fingerprint density at radius 2 is 1.74 bits per heavy atom. The molecule has 0 aromatic heterocycles. The van der Waals surface area contributed by atoms with Gasteiger partial charge in [0.05, 0.1) is 6.10 Å². The molecule has 0 radical (unpaired) electrons. The molecule has 2 aromatic carbocycles. The molecule has 1 nitrogen and oxygen atoms in total. The third-order valence-corrected chi connectivity index (χ3v) is 4.63. The molecule has 3 heteroatoms. The summed E-state index contributed by atoms with van der Waals surface area (Å²) in [6.07, 6.45) is 0.203. The van der Waals surface area contributed by atoms with Crippen molar-refractivity contribution in [1.29, 1.82) is 0 Å². The van der Waals surface area contributed by atoms with Crippen molar-refractivity contribution in [2.45, 2.75) is 30.6 Å². The summed E-state index contributed by atoms with van der Waals surface area (Å²) in [7, 11) is 0. The maximum absolute atomic E-state index is 5.84. The second-order valence-corrected chi connectivity index (χ2v) is 6.36. The minimum absolute atomic E-state index is 0.203. The monoisotopic (exact) mass is 336 g/mol.